The van der Waals surface area contributed by atoms with Gasteiger partial charge in [0, 0.05) is 9.11 Å². The second-order valence-corrected chi connectivity index (χ2v) is 6.37. The van der Waals surface area contributed by atoms with Gasteiger partial charge in [-0.3, -0.25) is 4.79 Å². The minimum atomic E-state index is -0.300. The SMILES string of the molecule is CC(C)(C)NC(=O)c1c(I)ccc(Cl)c1Cl. The number of halogens is 3. The molecule has 5 heteroatoms. The molecule has 0 aliphatic carbocycles. The first kappa shape index (κ1) is 14.1. The smallest absolute Gasteiger partial charge is 0.254 e. The Morgan fingerprint density at radius 1 is 1.31 bits per heavy atom. The molecule has 0 aliphatic heterocycles. The molecular weight excluding hydrogens is 360 g/mol. The number of hydrogen-bond acceptors (Lipinski definition) is 1. The number of carbonyl (C=O) groups excluding carboxylic acids is 1. The van der Waals surface area contributed by atoms with Crippen LogP contribution < -0.4 is 5.32 Å². The normalized spacial score (nSPS) is 11.4. The van der Waals surface area contributed by atoms with E-state index >= 15 is 0 Å². The van der Waals surface area contributed by atoms with Gasteiger partial charge >= 0.3 is 0 Å². The lowest BCUT2D eigenvalue weighted by molar-refractivity contribution is 0.0919. The zero-order chi connectivity index (χ0) is 12.5. The highest BCUT2D eigenvalue weighted by Gasteiger charge is 2.21. The molecule has 1 N–H and O–H groups in total. The van der Waals surface area contributed by atoms with Gasteiger partial charge in [0.25, 0.3) is 5.91 Å². The summed E-state index contributed by atoms with van der Waals surface area (Å²) in [5, 5.41) is 3.55. The van der Waals surface area contributed by atoms with E-state index in [2.05, 4.69) is 27.9 Å². The van der Waals surface area contributed by atoms with Crippen molar-refractivity contribution < 1.29 is 4.79 Å². The van der Waals surface area contributed by atoms with Crippen molar-refractivity contribution in [2.45, 2.75) is 26.3 Å². The predicted molar refractivity (Wildman–Crippen MR) is 76.4 cm³/mol. The summed E-state index contributed by atoms with van der Waals surface area (Å²) in [6.07, 6.45) is 0. The second-order valence-electron chi connectivity index (χ2n) is 4.42. The quantitative estimate of drug-likeness (QED) is 0.583. The summed E-state index contributed by atoms with van der Waals surface area (Å²) in [6, 6.07) is 3.45. The van der Waals surface area contributed by atoms with Gasteiger partial charge in [0.05, 0.1) is 15.6 Å². The number of rotatable bonds is 1. The molecule has 1 rings (SSSR count). The van der Waals surface area contributed by atoms with E-state index in [0.717, 1.165) is 3.57 Å². The van der Waals surface area contributed by atoms with Crippen molar-refractivity contribution in [1.29, 1.82) is 0 Å². The molecule has 0 aliphatic rings. The van der Waals surface area contributed by atoms with Gasteiger partial charge in [-0.05, 0) is 55.5 Å². The van der Waals surface area contributed by atoms with Crippen LogP contribution in [0, 0.1) is 3.57 Å². The van der Waals surface area contributed by atoms with E-state index in [4.69, 9.17) is 23.2 Å². The predicted octanol–water partition coefficient (Wildman–Crippen LogP) is 4.13. The van der Waals surface area contributed by atoms with Gasteiger partial charge in [-0.1, -0.05) is 23.2 Å². The van der Waals surface area contributed by atoms with Crippen LogP contribution in [0.2, 0.25) is 10.0 Å². The Hall–Kier alpha value is -0.000000000000000111. The van der Waals surface area contributed by atoms with Crippen LogP contribution in [-0.4, -0.2) is 11.4 Å². The molecule has 0 atom stereocenters. The van der Waals surface area contributed by atoms with Crippen molar-refractivity contribution in [3.63, 3.8) is 0 Å². The number of carbonyl (C=O) groups is 1. The monoisotopic (exact) mass is 371 g/mol. The van der Waals surface area contributed by atoms with Gasteiger partial charge in [0.1, 0.15) is 0 Å². The summed E-state index contributed by atoms with van der Waals surface area (Å²) in [5.41, 5.74) is 0.135. The first-order valence-electron chi connectivity index (χ1n) is 4.68. The zero-order valence-electron chi connectivity index (χ0n) is 9.20. The highest BCUT2D eigenvalue weighted by molar-refractivity contribution is 14.1. The van der Waals surface area contributed by atoms with Crippen LogP contribution in [0.3, 0.4) is 0 Å². The average molecular weight is 372 g/mol. The fraction of sp³-hybridized carbons (Fsp3) is 0.364. The molecule has 0 saturated heterocycles. The number of hydrogen-bond donors (Lipinski definition) is 1. The first-order valence-corrected chi connectivity index (χ1v) is 6.52. The lowest BCUT2D eigenvalue weighted by atomic mass is 10.1. The van der Waals surface area contributed by atoms with E-state index in [-0.39, 0.29) is 11.4 Å². The second kappa shape index (κ2) is 5.10. The summed E-state index contributed by atoms with van der Waals surface area (Å²) in [6.45, 7) is 5.74. The molecule has 1 amide bonds. The van der Waals surface area contributed by atoms with Crippen LogP contribution in [0.1, 0.15) is 31.1 Å². The highest BCUT2D eigenvalue weighted by Crippen LogP contribution is 2.29. The largest absolute Gasteiger partial charge is 0.347 e. The Morgan fingerprint density at radius 3 is 2.38 bits per heavy atom. The molecule has 2 nitrogen and oxygen atoms in total. The summed E-state index contributed by atoms with van der Waals surface area (Å²) in [7, 11) is 0. The summed E-state index contributed by atoms with van der Waals surface area (Å²) >= 11 is 14.0. The molecule has 0 unspecified atom stereocenters. The Morgan fingerprint density at radius 2 is 1.88 bits per heavy atom. The standard InChI is InChI=1S/C11H12Cl2INO/c1-11(2,3)15-10(16)8-7(14)5-4-6(12)9(8)13/h4-5H,1-3H3,(H,15,16). The van der Waals surface area contributed by atoms with Gasteiger partial charge in [-0.2, -0.15) is 0 Å². The molecule has 88 valence electrons. The molecule has 16 heavy (non-hydrogen) atoms. The topological polar surface area (TPSA) is 29.1 Å². The van der Waals surface area contributed by atoms with Crippen LogP contribution in [0.15, 0.2) is 12.1 Å². The summed E-state index contributed by atoms with van der Waals surface area (Å²) < 4.78 is 0.786. The van der Waals surface area contributed by atoms with E-state index in [9.17, 15) is 4.79 Å². The summed E-state index contributed by atoms with van der Waals surface area (Å²) in [4.78, 5) is 12.0. The van der Waals surface area contributed by atoms with Gasteiger partial charge in [0.15, 0.2) is 0 Å². The van der Waals surface area contributed by atoms with Gasteiger partial charge in [-0.15, -0.1) is 0 Å². The Kier molecular flexibility index (Phi) is 4.49. The van der Waals surface area contributed by atoms with E-state index in [1.54, 1.807) is 12.1 Å². The van der Waals surface area contributed by atoms with Crippen molar-refractivity contribution in [1.82, 2.24) is 5.32 Å². The molecule has 0 radical (unpaired) electrons. The van der Waals surface area contributed by atoms with Crippen molar-refractivity contribution >= 4 is 51.7 Å². The Bertz CT molecular complexity index is 427. The van der Waals surface area contributed by atoms with Crippen LogP contribution in [0.25, 0.3) is 0 Å². The van der Waals surface area contributed by atoms with Crippen molar-refractivity contribution in [3.8, 4) is 0 Å². The molecule has 0 saturated carbocycles. The van der Waals surface area contributed by atoms with Crippen LogP contribution in [0.5, 0.6) is 0 Å². The molecule has 0 bridgehead atoms. The van der Waals surface area contributed by atoms with Gasteiger partial charge in [0.2, 0.25) is 0 Å². The van der Waals surface area contributed by atoms with Gasteiger partial charge < -0.3 is 5.32 Å². The summed E-state index contributed by atoms with van der Waals surface area (Å²) in [5.74, 6) is -0.204. The number of amides is 1. The van der Waals surface area contributed by atoms with Crippen LogP contribution in [-0.2, 0) is 0 Å². The van der Waals surface area contributed by atoms with Crippen LogP contribution in [0.4, 0.5) is 0 Å². The molecule has 0 fully saturated rings. The molecule has 1 aromatic carbocycles. The van der Waals surface area contributed by atoms with E-state index in [0.29, 0.717) is 15.6 Å². The maximum absolute atomic E-state index is 12.0. The van der Waals surface area contributed by atoms with E-state index < -0.39 is 0 Å². The lowest BCUT2D eigenvalue weighted by Gasteiger charge is -2.21. The Balaban J connectivity index is 3.14. The van der Waals surface area contributed by atoms with Gasteiger partial charge in [-0.25, -0.2) is 0 Å². The molecule has 1 aromatic rings. The van der Waals surface area contributed by atoms with E-state index in [1.807, 2.05) is 20.8 Å². The third-order valence-corrected chi connectivity index (χ3v) is 3.46. The van der Waals surface area contributed by atoms with E-state index in [1.165, 1.54) is 0 Å². The third-order valence-electron chi connectivity index (χ3n) is 1.76. The number of benzene rings is 1. The minimum Gasteiger partial charge on any atom is -0.347 e. The van der Waals surface area contributed by atoms with Crippen molar-refractivity contribution in [2.75, 3.05) is 0 Å². The maximum atomic E-state index is 12.0. The minimum absolute atomic E-state index is 0.204. The first-order chi connectivity index (χ1) is 7.22. The maximum Gasteiger partial charge on any atom is 0.254 e. The Labute approximate surface area is 119 Å². The third kappa shape index (κ3) is 3.50. The lowest BCUT2D eigenvalue weighted by Crippen LogP contribution is -2.41. The molecular formula is C11H12Cl2INO. The molecule has 0 spiro atoms. The van der Waals surface area contributed by atoms with Crippen molar-refractivity contribution in [3.05, 3.63) is 31.3 Å². The zero-order valence-corrected chi connectivity index (χ0v) is 12.9. The van der Waals surface area contributed by atoms with Crippen LogP contribution >= 0.6 is 45.8 Å². The molecule has 0 heterocycles. The fourth-order valence-electron chi connectivity index (χ4n) is 1.14. The van der Waals surface area contributed by atoms with Crippen molar-refractivity contribution in [2.24, 2.45) is 0 Å². The highest BCUT2D eigenvalue weighted by atomic mass is 127. The average Bonchev–Trinajstić information content (AvgIpc) is 2.09. The fourth-order valence-corrected chi connectivity index (χ4v) is 2.40. The molecule has 0 aromatic heterocycles. The number of nitrogens with one attached hydrogen (secondary N) is 1.